The molecule has 0 fully saturated rings. The molecule has 3 heteroatoms. The van der Waals surface area contributed by atoms with Crippen LogP contribution in [0, 0.1) is 5.92 Å². The summed E-state index contributed by atoms with van der Waals surface area (Å²) in [6, 6.07) is 0. The maximum atomic E-state index is 10.3. The molecule has 0 aliphatic carbocycles. The maximum absolute atomic E-state index is 10.3. The lowest BCUT2D eigenvalue weighted by atomic mass is 10.0. The standard InChI is InChI=1S/C7H14O3/c1-2-3-4-6(5-8)7(9)10/h6,8H,2-5H2,1H3,(H,9,10). The number of unbranched alkanes of at least 4 members (excludes halogenated alkanes) is 1. The van der Waals surface area contributed by atoms with Crippen molar-refractivity contribution in [1.82, 2.24) is 0 Å². The molecule has 1 atom stereocenters. The maximum Gasteiger partial charge on any atom is 0.308 e. The van der Waals surface area contributed by atoms with E-state index in [1.807, 2.05) is 6.92 Å². The van der Waals surface area contributed by atoms with Gasteiger partial charge in [0.25, 0.3) is 0 Å². The summed E-state index contributed by atoms with van der Waals surface area (Å²) >= 11 is 0. The molecule has 2 N–H and O–H groups in total. The van der Waals surface area contributed by atoms with Crippen LogP contribution in [-0.2, 0) is 4.79 Å². The zero-order chi connectivity index (χ0) is 7.98. The fraction of sp³-hybridized carbons (Fsp3) is 0.857. The van der Waals surface area contributed by atoms with Gasteiger partial charge in [0.2, 0.25) is 0 Å². The Morgan fingerprint density at radius 1 is 1.60 bits per heavy atom. The van der Waals surface area contributed by atoms with Gasteiger partial charge in [-0.05, 0) is 6.42 Å². The second-order valence-electron chi connectivity index (χ2n) is 2.36. The highest BCUT2D eigenvalue weighted by Crippen LogP contribution is 2.07. The Balaban J connectivity index is 3.50. The van der Waals surface area contributed by atoms with Gasteiger partial charge in [-0.1, -0.05) is 19.8 Å². The van der Waals surface area contributed by atoms with Gasteiger partial charge in [0.15, 0.2) is 0 Å². The van der Waals surface area contributed by atoms with Gasteiger partial charge in [-0.2, -0.15) is 0 Å². The predicted octanol–water partition coefficient (Wildman–Crippen LogP) is 0.870. The SMILES string of the molecule is CCCCC(CO)C(=O)O. The van der Waals surface area contributed by atoms with Gasteiger partial charge in [0, 0.05) is 0 Å². The molecule has 60 valence electrons. The van der Waals surface area contributed by atoms with Crippen molar-refractivity contribution in [3.8, 4) is 0 Å². The van der Waals surface area contributed by atoms with Crippen molar-refractivity contribution in [1.29, 1.82) is 0 Å². The van der Waals surface area contributed by atoms with Crippen molar-refractivity contribution < 1.29 is 15.0 Å². The molecule has 3 nitrogen and oxygen atoms in total. The third-order valence-electron chi connectivity index (χ3n) is 1.48. The summed E-state index contributed by atoms with van der Waals surface area (Å²) in [6.45, 7) is 1.76. The van der Waals surface area contributed by atoms with Crippen LogP contribution < -0.4 is 0 Å². The van der Waals surface area contributed by atoms with Crippen LogP contribution in [0.25, 0.3) is 0 Å². The number of hydrogen-bond acceptors (Lipinski definition) is 2. The van der Waals surface area contributed by atoms with E-state index >= 15 is 0 Å². The minimum Gasteiger partial charge on any atom is -0.481 e. The van der Waals surface area contributed by atoms with E-state index < -0.39 is 11.9 Å². The first kappa shape index (κ1) is 9.43. The normalized spacial score (nSPS) is 13.0. The van der Waals surface area contributed by atoms with E-state index in [9.17, 15) is 4.79 Å². The molecule has 0 rings (SSSR count). The number of aliphatic hydroxyl groups excluding tert-OH is 1. The van der Waals surface area contributed by atoms with Crippen LogP contribution >= 0.6 is 0 Å². The van der Waals surface area contributed by atoms with Gasteiger partial charge in [-0.3, -0.25) is 4.79 Å². The Morgan fingerprint density at radius 3 is 2.50 bits per heavy atom. The lowest BCUT2D eigenvalue weighted by Crippen LogP contribution is -2.17. The van der Waals surface area contributed by atoms with E-state index in [1.54, 1.807) is 0 Å². The summed E-state index contributed by atoms with van der Waals surface area (Å²) in [5.41, 5.74) is 0. The molecular formula is C7H14O3. The first-order valence-corrected chi connectivity index (χ1v) is 3.56. The van der Waals surface area contributed by atoms with Crippen molar-refractivity contribution in [2.24, 2.45) is 5.92 Å². The van der Waals surface area contributed by atoms with E-state index in [4.69, 9.17) is 10.2 Å². The molecule has 0 aliphatic heterocycles. The Hall–Kier alpha value is -0.570. The van der Waals surface area contributed by atoms with E-state index in [0.717, 1.165) is 12.8 Å². The highest BCUT2D eigenvalue weighted by Gasteiger charge is 2.14. The van der Waals surface area contributed by atoms with E-state index in [1.165, 1.54) is 0 Å². The Labute approximate surface area is 60.7 Å². The summed E-state index contributed by atoms with van der Waals surface area (Å²) < 4.78 is 0. The van der Waals surface area contributed by atoms with Crippen LogP contribution in [0.1, 0.15) is 26.2 Å². The number of rotatable bonds is 5. The lowest BCUT2D eigenvalue weighted by Gasteiger charge is -2.06. The summed E-state index contributed by atoms with van der Waals surface area (Å²) in [4.78, 5) is 10.3. The molecule has 0 aromatic heterocycles. The Morgan fingerprint density at radius 2 is 2.20 bits per heavy atom. The second-order valence-corrected chi connectivity index (χ2v) is 2.36. The van der Waals surface area contributed by atoms with Crippen molar-refractivity contribution >= 4 is 5.97 Å². The number of hydrogen-bond donors (Lipinski definition) is 2. The molecule has 0 saturated carbocycles. The smallest absolute Gasteiger partial charge is 0.308 e. The van der Waals surface area contributed by atoms with Gasteiger partial charge < -0.3 is 10.2 Å². The van der Waals surface area contributed by atoms with Gasteiger partial charge >= 0.3 is 5.97 Å². The van der Waals surface area contributed by atoms with Gasteiger partial charge in [0.05, 0.1) is 12.5 Å². The van der Waals surface area contributed by atoms with Crippen LogP contribution in [0.15, 0.2) is 0 Å². The van der Waals surface area contributed by atoms with E-state index in [0.29, 0.717) is 6.42 Å². The topological polar surface area (TPSA) is 57.5 Å². The average molecular weight is 146 g/mol. The van der Waals surface area contributed by atoms with Gasteiger partial charge in [-0.15, -0.1) is 0 Å². The minimum atomic E-state index is -0.893. The molecule has 0 spiro atoms. The average Bonchev–Trinajstić information content (AvgIpc) is 1.89. The fourth-order valence-electron chi connectivity index (χ4n) is 0.743. The van der Waals surface area contributed by atoms with Crippen LogP contribution in [0.3, 0.4) is 0 Å². The molecule has 10 heavy (non-hydrogen) atoms. The zero-order valence-corrected chi connectivity index (χ0v) is 6.21. The van der Waals surface area contributed by atoms with Crippen molar-refractivity contribution in [3.05, 3.63) is 0 Å². The fourth-order valence-corrected chi connectivity index (χ4v) is 0.743. The summed E-state index contributed by atoms with van der Waals surface area (Å²) in [6.07, 6.45) is 2.43. The molecule has 0 aliphatic rings. The quantitative estimate of drug-likeness (QED) is 0.605. The number of carboxylic acid groups (broad SMARTS) is 1. The summed E-state index contributed by atoms with van der Waals surface area (Å²) in [5, 5.41) is 17.0. The van der Waals surface area contributed by atoms with E-state index in [-0.39, 0.29) is 6.61 Å². The monoisotopic (exact) mass is 146 g/mol. The van der Waals surface area contributed by atoms with Gasteiger partial charge in [-0.25, -0.2) is 0 Å². The van der Waals surface area contributed by atoms with Crippen molar-refractivity contribution in [2.75, 3.05) is 6.61 Å². The second kappa shape index (κ2) is 5.23. The molecule has 0 amide bonds. The third-order valence-corrected chi connectivity index (χ3v) is 1.48. The van der Waals surface area contributed by atoms with Crippen LogP contribution in [0.2, 0.25) is 0 Å². The van der Waals surface area contributed by atoms with Crippen molar-refractivity contribution in [2.45, 2.75) is 26.2 Å². The summed E-state index contributed by atoms with van der Waals surface area (Å²) in [5.74, 6) is -1.45. The lowest BCUT2D eigenvalue weighted by molar-refractivity contribution is -0.143. The summed E-state index contributed by atoms with van der Waals surface area (Å²) in [7, 11) is 0. The Bertz CT molecular complexity index is 101. The molecule has 0 aromatic carbocycles. The molecule has 0 aromatic rings. The highest BCUT2D eigenvalue weighted by molar-refractivity contribution is 5.69. The number of carboxylic acids is 1. The number of aliphatic hydroxyl groups is 1. The molecule has 0 heterocycles. The third kappa shape index (κ3) is 3.45. The van der Waals surface area contributed by atoms with Gasteiger partial charge in [0.1, 0.15) is 0 Å². The van der Waals surface area contributed by atoms with Crippen molar-refractivity contribution in [3.63, 3.8) is 0 Å². The molecule has 1 unspecified atom stereocenters. The first-order chi connectivity index (χ1) is 4.72. The molecule has 0 radical (unpaired) electrons. The first-order valence-electron chi connectivity index (χ1n) is 3.56. The largest absolute Gasteiger partial charge is 0.481 e. The molecule has 0 bridgehead atoms. The molecular weight excluding hydrogens is 132 g/mol. The predicted molar refractivity (Wildman–Crippen MR) is 37.7 cm³/mol. The number of aliphatic carboxylic acids is 1. The van der Waals surface area contributed by atoms with E-state index in [2.05, 4.69) is 0 Å². The molecule has 0 saturated heterocycles. The zero-order valence-electron chi connectivity index (χ0n) is 6.21. The highest BCUT2D eigenvalue weighted by atomic mass is 16.4. The minimum absolute atomic E-state index is 0.241. The van der Waals surface area contributed by atoms with Crippen LogP contribution in [0.4, 0.5) is 0 Å². The Kier molecular flexibility index (Phi) is 4.94. The van der Waals surface area contributed by atoms with Crippen LogP contribution in [0.5, 0.6) is 0 Å². The van der Waals surface area contributed by atoms with Crippen LogP contribution in [-0.4, -0.2) is 22.8 Å². The number of carbonyl (C=O) groups is 1.